The van der Waals surface area contributed by atoms with Gasteiger partial charge in [-0.15, -0.1) is 0 Å². The Kier molecular flexibility index (Phi) is 4.99. The summed E-state index contributed by atoms with van der Waals surface area (Å²) in [6.45, 7) is 0. The molecule has 8 heteroatoms. The number of sulfone groups is 1. The summed E-state index contributed by atoms with van der Waals surface area (Å²) in [6, 6.07) is 5.71. The summed E-state index contributed by atoms with van der Waals surface area (Å²) < 4.78 is 24.3. The molecule has 0 saturated heterocycles. The Morgan fingerprint density at radius 3 is 2.14 bits per heavy atom. The molecule has 1 N–H and O–H groups in total. The van der Waals surface area contributed by atoms with Crippen LogP contribution in [0.3, 0.4) is 0 Å². The SMILES string of the molecule is O=c1cc(Cl)[nH]cc1CS(=O)(=O)Cc1cc(Cl)cc(Cl)c1. The van der Waals surface area contributed by atoms with E-state index in [1.807, 2.05) is 0 Å². The Morgan fingerprint density at radius 1 is 0.952 bits per heavy atom. The molecule has 0 aliphatic heterocycles. The lowest BCUT2D eigenvalue weighted by Gasteiger charge is -2.06. The number of benzene rings is 1. The first-order valence-electron chi connectivity index (χ1n) is 5.78. The molecular weight excluding hydrogens is 357 g/mol. The molecule has 0 unspecified atom stereocenters. The van der Waals surface area contributed by atoms with Crippen LogP contribution in [-0.2, 0) is 21.3 Å². The number of nitrogens with one attached hydrogen (secondary N) is 1. The zero-order valence-corrected chi connectivity index (χ0v) is 13.7. The lowest BCUT2D eigenvalue weighted by molar-refractivity contribution is 0.594. The van der Waals surface area contributed by atoms with Crippen molar-refractivity contribution in [3.8, 4) is 0 Å². The van der Waals surface area contributed by atoms with Crippen LogP contribution in [0.4, 0.5) is 0 Å². The highest BCUT2D eigenvalue weighted by atomic mass is 35.5. The van der Waals surface area contributed by atoms with E-state index in [0.717, 1.165) is 6.07 Å². The van der Waals surface area contributed by atoms with Gasteiger partial charge in [0.05, 0.1) is 11.5 Å². The van der Waals surface area contributed by atoms with Crippen LogP contribution < -0.4 is 5.43 Å². The summed E-state index contributed by atoms with van der Waals surface area (Å²) in [4.78, 5) is 14.3. The Morgan fingerprint density at radius 2 is 1.57 bits per heavy atom. The van der Waals surface area contributed by atoms with Crippen LogP contribution in [0.5, 0.6) is 0 Å². The average molecular weight is 367 g/mol. The molecule has 1 heterocycles. The van der Waals surface area contributed by atoms with Gasteiger partial charge >= 0.3 is 0 Å². The second-order valence-corrected chi connectivity index (χ2v) is 7.82. The van der Waals surface area contributed by atoms with E-state index in [0.29, 0.717) is 15.6 Å². The zero-order valence-electron chi connectivity index (χ0n) is 10.6. The number of aromatic nitrogens is 1. The standard InChI is InChI=1S/C13H10Cl3NO3S/c14-10-1-8(2-11(15)3-10)6-21(19,20)7-9-5-17-13(16)4-12(9)18/h1-5H,6-7H2,(H,17,18). The fourth-order valence-electron chi connectivity index (χ4n) is 1.83. The smallest absolute Gasteiger partial charge is 0.187 e. The number of hydrogen-bond acceptors (Lipinski definition) is 3. The molecule has 0 saturated carbocycles. The summed E-state index contributed by atoms with van der Waals surface area (Å²) in [7, 11) is -3.54. The summed E-state index contributed by atoms with van der Waals surface area (Å²) in [5.74, 6) is -0.640. The van der Waals surface area contributed by atoms with Crippen LogP contribution in [0.25, 0.3) is 0 Å². The molecule has 0 aliphatic rings. The summed E-state index contributed by atoms with van der Waals surface area (Å²) in [5, 5.41) is 0.872. The maximum atomic E-state index is 12.2. The number of pyridine rings is 1. The van der Waals surface area contributed by atoms with Crippen LogP contribution in [0.15, 0.2) is 35.3 Å². The molecule has 2 rings (SSSR count). The second kappa shape index (κ2) is 6.40. The number of H-pyrrole nitrogens is 1. The van der Waals surface area contributed by atoms with Gasteiger partial charge in [0, 0.05) is 27.9 Å². The maximum absolute atomic E-state index is 12.2. The number of aromatic amines is 1. The van der Waals surface area contributed by atoms with Crippen molar-refractivity contribution < 1.29 is 8.42 Å². The van der Waals surface area contributed by atoms with Gasteiger partial charge in [-0.25, -0.2) is 8.42 Å². The van der Waals surface area contributed by atoms with Crippen molar-refractivity contribution in [2.45, 2.75) is 11.5 Å². The first kappa shape index (κ1) is 16.4. The fourth-order valence-corrected chi connectivity index (χ4v) is 4.03. The van der Waals surface area contributed by atoms with Crippen molar-refractivity contribution in [1.29, 1.82) is 0 Å². The number of halogens is 3. The van der Waals surface area contributed by atoms with Gasteiger partial charge in [0.15, 0.2) is 15.3 Å². The molecule has 0 amide bonds. The van der Waals surface area contributed by atoms with Crippen LogP contribution in [-0.4, -0.2) is 13.4 Å². The topological polar surface area (TPSA) is 67.0 Å². The third-order valence-electron chi connectivity index (χ3n) is 2.64. The van der Waals surface area contributed by atoms with Crippen molar-refractivity contribution in [3.63, 3.8) is 0 Å². The first-order chi connectivity index (χ1) is 9.75. The third kappa shape index (κ3) is 4.74. The molecule has 1 aromatic carbocycles. The van der Waals surface area contributed by atoms with E-state index < -0.39 is 15.3 Å². The van der Waals surface area contributed by atoms with E-state index in [9.17, 15) is 13.2 Å². The predicted molar refractivity (Wildman–Crippen MR) is 84.9 cm³/mol. The molecular formula is C13H10Cl3NO3S. The minimum atomic E-state index is -3.54. The Bertz CT molecular complexity index is 811. The second-order valence-electron chi connectivity index (χ2n) is 4.48. The summed E-state index contributed by atoms with van der Waals surface area (Å²) in [5.41, 5.74) is 0.178. The molecule has 0 aliphatic carbocycles. The number of hydrogen-bond donors (Lipinski definition) is 1. The fraction of sp³-hybridized carbons (Fsp3) is 0.154. The van der Waals surface area contributed by atoms with Crippen molar-refractivity contribution in [2.75, 3.05) is 0 Å². The highest BCUT2D eigenvalue weighted by molar-refractivity contribution is 7.89. The van der Waals surface area contributed by atoms with Crippen molar-refractivity contribution in [3.05, 3.63) is 67.0 Å². The normalized spacial score (nSPS) is 11.6. The minimum Gasteiger partial charge on any atom is -0.352 e. The van der Waals surface area contributed by atoms with Gasteiger partial charge in [-0.3, -0.25) is 4.79 Å². The summed E-state index contributed by atoms with van der Waals surface area (Å²) >= 11 is 17.3. The average Bonchev–Trinajstić information content (AvgIpc) is 2.30. The highest BCUT2D eigenvalue weighted by Gasteiger charge is 2.16. The molecule has 21 heavy (non-hydrogen) atoms. The van der Waals surface area contributed by atoms with Gasteiger partial charge in [0.25, 0.3) is 0 Å². The van der Waals surface area contributed by atoms with Crippen molar-refractivity contribution >= 4 is 44.6 Å². The monoisotopic (exact) mass is 365 g/mol. The van der Waals surface area contributed by atoms with Crippen molar-refractivity contribution in [2.24, 2.45) is 0 Å². The molecule has 0 radical (unpaired) electrons. The van der Waals surface area contributed by atoms with E-state index >= 15 is 0 Å². The molecule has 0 fully saturated rings. The third-order valence-corrected chi connectivity index (χ3v) is 4.82. The van der Waals surface area contributed by atoms with Gasteiger partial charge in [0.1, 0.15) is 5.15 Å². The minimum absolute atomic E-state index is 0.132. The van der Waals surface area contributed by atoms with E-state index in [1.165, 1.54) is 24.4 Å². The van der Waals surface area contributed by atoms with E-state index in [-0.39, 0.29) is 22.2 Å². The van der Waals surface area contributed by atoms with Gasteiger partial charge in [-0.05, 0) is 23.8 Å². The lowest BCUT2D eigenvalue weighted by atomic mass is 10.2. The van der Waals surface area contributed by atoms with Gasteiger partial charge in [0.2, 0.25) is 0 Å². The Balaban J connectivity index is 2.24. The lowest BCUT2D eigenvalue weighted by Crippen LogP contribution is -2.15. The number of rotatable bonds is 4. The van der Waals surface area contributed by atoms with Crippen LogP contribution in [0.1, 0.15) is 11.1 Å². The van der Waals surface area contributed by atoms with Gasteiger partial charge < -0.3 is 4.98 Å². The molecule has 0 bridgehead atoms. The largest absolute Gasteiger partial charge is 0.352 e. The van der Waals surface area contributed by atoms with Crippen LogP contribution in [0.2, 0.25) is 15.2 Å². The molecule has 4 nitrogen and oxygen atoms in total. The molecule has 1 aromatic heterocycles. The molecule has 2 aromatic rings. The van der Waals surface area contributed by atoms with Gasteiger partial charge in [-0.1, -0.05) is 34.8 Å². The zero-order chi connectivity index (χ0) is 15.6. The Labute approximate surface area is 136 Å². The molecule has 0 atom stereocenters. The van der Waals surface area contributed by atoms with E-state index in [4.69, 9.17) is 34.8 Å². The quantitative estimate of drug-likeness (QED) is 0.843. The van der Waals surface area contributed by atoms with Crippen LogP contribution in [0, 0.1) is 0 Å². The molecule has 0 spiro atoms. The Hall–Kier alpha value is -1.01. The maximum Gasteiger partial charge on any atom is 0.187 e. The highest BCUT2D eigenvalue weighted by Crippen LogP contribution is 2.21. The summed E-state index contributed by atoms with van der Waals surface area (Å²) in [6.07, 6.45) is 1.30. The van der Waals surface area contributed by atoms with Gasteiger partial charge in [-0.2, -0.15) is 0 Å². The van der Waals surface area contributed by atoms with E-state index in [1.54, 1.807) is 0 Å². The predicted octanol–water partition coefficient (Wildman–Crippen LogP) is 3.45. The van der Waals surface area contributed by atoms with Crippen LogP contribution >= 0.6 is 34.8 Å². The molecule has 112 valence electrons. The van der Waals surface area contributed by atoms with Crippen molar-refractivity contribution in [1.82, 2.24) is 4.98 Å². The first-order valence-corrected chi connectivity index (χ1v) is 8.73. The van der Waals surface area contributed by atoms with E-state index in [2.05, 4.69) is 4.98 Å².